The zero-order chi connectivity index (χ0) is 43.9. The number of carbonyl (C=O) groups excluding carboxylic acids is 4. The molecule has 4 aromatic carbocycles. The van der Waals surface area contributed by atoms with Crippen molar-refractivity contribution in [3.8, 4) is 23.0 Å². The average molecular weight is 825 g/mol. The van der Waals surface area contributed by atoms with Gasteiger partial charge < -0.3 is 18.9 Å². The fourth-order valence-corrected chi connectivity index (χ4v) is 7.32. The first-order valence-electron chi connectivity index (χ1n) is 23.0. The number of esters is 4. The van der Waals surface area contributed by atoms with E-state index < -0.39 is 0 Å². The third-order valence-electron chi connectivity index (χ3n) is 11.4. The number of hydrogen-bond donors (Lipinski definition) is 0. The highest BCUT2D eigenvalue weighted by Gasteiger charge is 2.24. The summed E-state index contributed by atoms with van der Waals surface area (Å²) in [6.45, 7) is 16.5. The molecule has 4 rings (SSSR count). The summed E-state index contributed by atoms with van der Waals surface area (Å²) in [5.74, 6) is 0.457. The second kappa shape index (κ2) is 27.2. The Morgan fingerprint density at radius 2 is 0.683 bits per heavy atom. The van der Waals surface area contributed by atoms with E-state index in [1.807, 2.05) is 88.4 Å². The maximum atomic E-state index is 12.8. The molecule has 0 aromatic heterocycles. The second-order valence-corrected chi connectivity index (χ2v) is 16.0. The molecule has 0 aliphatic carbocycles. The van der Waals surface area contributed by atoms with Crippen molar-refractivity contribution in [3.63, 3.8) is 0 Å². The summed E-state index contributed by atoms with van der Waals surface area (Å²) < 4.78 is 23.1. The number of unbranched alkanes of at least 4 members (excludes halogenated alkanes) is 4. The zero-order valence-corrected chi connectivity index (χ0v) is 37.8. The highest BCUT2D eigenvalue weighted by atomic mass is 16.6. The van der Waals surface area contributed by atoms with Crippen LogP contribution in [0.3, 0.4) is 0 Å². The van der Waals surface area contributed by atoms with Crippen LogP contribution in [0.4, 0.5) is 0 Å². The van der Waals surface area contributed by atoms with E-state index in [1.165, 1.54) is 0 Å². The molecule has 0 saturated carbocycles. The van der Waals surface area contributed by atoms with Gasteiger partial charge in [-0.25, -0.2) is 0 Å². The number of fused-ring (bicyclic) bond motifs is 2. The van der Waals surface area contributed by atoms with Gasteiger partial charge in [0.25, 0.3) is 0 Å². The Kier molecular flexibility index (Phi) is 22.5. The fourth-order valence-electron chi connectivity index (χ4n) is 7.32. The SMILES string of the molecule is CCCCC(CC)C(=O)Oc1cc(OC(=O)C(CC)CCCC)c2ccccc2c1.CCCCC(CC)C(=O)Oc1cc(OC(=O)C(CC)CCCC)c2ccccc2c1. The van der Waals surface area contributed by atoms with Crippen molar-refractivity contribution in [3.05, 3.63) is 72.8 Å². The third-order valence-corrected chi connectivity index (χ3v) is 11.4. The summed E-state index contributed by atoms with van der Waals surface area (Å²) in [6, 6.07) is 22.4. The summed E-state index contributed by atoms with van der Waals surface area (Å²) in [5.41, 5.74) is 0. The summed E-state index contributed by atoms with van der Waals surface area (Å²) in [7, 11) is 0. The molecular formula is C52H72O8. The quantitative estimate of drug-likeness (QED) is 0.0508. The fraction of sp³-hybridized carbons (Fsp3) is 0.538. The van der Waals surface area contributed by atoms with Gasteiger partial charge >= 0.3 is 23.9 Å². The summed E-state index contributed by atoms with van der Waals surface area (Å²) >= 11 is 0. The lowest BCUT2D eigenvalue weighted by Crippen LogP contribution is -2.21. The summed E-state index contributed by atoms with van der Waals surface area (Å²) in [4.78, 5) is 50.9. The topological polar surface area (TPSA) is 105 Å². The van der Waals surface area contributed by atoms with Crippen molar-refractivity contribution in [2.24, 2.45) is 23.7 Å². The number of hydrogen-bond acceptors (Lipinski definition) is 8. The molecule has 4 aromatic rings. The van der Waals surface area contributed by atoms with E-state index in [1.54, 1.807) is 12.1 Å². The number of rotatable bonds is 24. The van der Waals surface area contributed by atoms with Crippen LogP contribution in [0.15, 0.2) is 72.8 Å². The van der Waals surface area contributed by atoms with Crippen LogP contribution in [0, 0.1) is 23.7 Å². The van der Waals surface area contributed by atoms with E-state index in [9.17, 15) is 19.2 Å². The molecule has 8 heteroatoms. The smallest absolute Gasteiger partial charge is 0.314 e. The number of ether oxygens (including phenoxy) is 4. The molecule has 0 heterocycles. The Morgan fingerprint density at radius 1 is 0.400 bits per heavy atom. The number of benzene rings is 4. The molecule has 0 amide bonds. The molecule has 0 bridgehead atoms. The molecule has 0 aliphatic rings. The molecule has 4 atom stereocenters. The zero-order valence-electron chi connectivity index (χ0n) is 37.8. The van der Waals surface area contributed by atoms with Crippen LogP contribution in [-0.2, 0) is 19.2 Å². The number of carbonyl (C=O) groups is 4. The standard InChI is InChI=1S/2C26H36O4/c2*1-5-9-13-19(7-3)25(27)29-22-17-21-15-11-12-16-23(21)24(18-22)30-26(28)20(8-4)14-10-6-2/h2*11-12,15-20H,5-10,13-14H2,1-4H3. The molecule has 0 radical (unpaired) electrons. The summed E-state index contributed by atoms with van der Waals surface area (Å²) in [5, 5.41) is 3.45. The molecule has 8 nitrogen and oxygen atoms in total. The van der Waals surface area contributed by atoms with Crippen molar-refractivity contribution >= 4 is 45.4 Å². The first-order valence-corrected chi connectivity index (χ1v) is 23.0. The monoisotopic (exact) mass is 825 g/mol. The Bertz CT molecular complexity index is 1790. The predicted molar refractivity (Wildman–Crippen MR) is 244 cm³/mol. The van der Waals surface area contributed by atoms with Gasteiger partial charge in [-0.2, -0.15) is 0 Å². The van der Waals surface area contributed by atoms with Crippen LogP contribution < -0.4 is 18.9 Å². The van der Waals surface area contributed by atoms with Gasteiger partial charge in [0.05, 0.1) is 23.7 Å². The van der Waals surface area contributed by atoms with Gasteiger partial charge in [0.1, 0.15) is 23.0 Å². The lowest BCUT2D eigenvalue weighted by molar-refractivity contribution is -0.140. The third kappa shape index (κ3) is 15.4. The van der Waals surface area contributed by atoms with Crippen LogP contribution in [-0.4, -0.2) is 23.9 Å². The predicted octanol–water partition coefficient (Wildman–Crippen LogP) is 14.2. The van der Waals surface area contributed by atoms with Gasteiger partial charge in [0.2, 0.25) is 0 Å². The van der Waals surface area contributed by atoms with Gasteiger partial charge in [-0.15, -0.1) is 0 Å². The van der Waals surface area contributed by atoms with E-state index in [0.29, 0.717) is 23.0 Å². The molecule has 0 spiro atoms. The molecule has 0 aliphatic heterocycles. The van der Waals surface area contributed by atoms with E-state index in [4.69, 9.17) is 18.9 Å². The minimum Gasteiger partial charge on any atom is -0.426 e. The maximum absolute atomic E-state index is 12.8. The molecule has 328 valence electrons. The van der Waals surface area contributed by atoms with Gasteiger partial charge in [-0.1, -0.05) is 155 Å². The van der Waals surface area contributed by atoms with E-state index in [0.717, 1.165) is 124 Å². The Labute approximate surface area is 360 Å². The van der Waals surface area contributed by atoms with E-state index >= 15 is 0 Å². The molecule has 0 fully saturated rings. The van der Waals surface area contributed by atoms with Crippen LogP contribution >= 0.6 is 0 Å². The molecular weight excluding hydrogens is 753 g/mol. The molecule has 0 saturated heterocycles. The van der Waals surface area contributed by atoms with Gasteiger partial charge in [-0.05, 0) is 74.3 Å². The van der Waals surface area contributed by atoms with Gasteiger partial charge in [-0.3, -0.25) is 19.2 Å². The van der Waals surface area contributed by atoms with Crippen molar-refractivity contribution in [1.82, 2.24) is 0 Å². The largest absolute Gasteiger partial charge is 0.426 e. The highest BCUT2D eigenvalue weighted by molar-refractivity contribution is 5.94. The van der Waals surface area contributed by atoms with Crippen LogP contribution in [0.1, 0.15) is 158 Å². The second-order valence-electron chi connectivity index (χ2n) is 16.0. The molecule has 0 N–H and O–H groups in total. The Hall–Kier alpha value is -4.72. The summed E-state index contributed by atoms with van der Waals surface area (Å²) in [6.07, 6.45) is 14.5. The van der Waals surface area contributed by atoms with Crippen LogP contribution in [0.2, 0.25) is 0 Å². The van der Waals surface area contributed by atoms with Crippen molar-refractivity contribution < 1.29 is 38.1 Å². The van der Waals surface area contributed by atoms with E-state index in [-0.39, 0.29) is 47.5 Å². The van der Waals surface area contributed by atoms with Gasteiger partial charge in [0.15, 0.2) is 0 Å². The minimum atomic E-state index is -0.215. The first-order chi connectivity index (χ1) is 29.1. The van der Waals surface area contributed by atoms with E-state index in [2.05, 4.69) is 27.7 Å². The Balaban J connectivity index is 0.000000320. The highest BCUT2D eigenvalue weighted by Crippen LogP contribution is 2.35. The van der Waals surface area contributed by atoms with Crippen molar-refractivity contribution in [1.29, 1.82) is 0 Å². The molecule has 4 unspecified atom stereocenters. The van der Waals surface area contributed by atoms with Crippen LogP contribution in [0.25, 0.3) is 21.5 Å². The minimum absolute atomic E-state index is 0.110. The maximum Gasteiger partial charge on any atom is 0.314 e. The van der Waals surface area contributed by atoms with Gasteiger partial charge in [0, 0.05) is 22.9 Å². The lowest BCUT2D eigenvalue weighted by atomic mass is 9.99. The lowest BCUT2D eigenvalue weighted by Gasteiger charge is -2.17. The van der Waals surface area contributed by atoms with Crippen LogP contribution in [0.5, 0.6) is 23.0 Å². The van der Waals surface area contributed by atoms with Crippen molar-refractivity contribution in [2.75, 3.05) is 0 Å². The normalized spacial score (nSPS) is 13.1. The van der Waals surface area contributed by atoms with Crippen molar-refractivity contribution in [2.45, 2.75) is 158 Å². The average Bonchev–Trinajstić information content (AvgIpc) is 3.25. The first kappa shape index (κ1) is 49.6. The molecule has 60 heavy (non-hydrogen) atoms. The Morgan fingerprint density at radius 3 is 0.967 bits per heavy atom.